The number of aliphatic carboxylic acids is 1. The highest BCUT2D eigenvalue weighted by Gasteiger charge is 2.25. The van der Waals surface area contributed by atoms with E-state index in [1.807, 2.05) is 32.0 Å². The summed E-state index contributed by atoms with van der Waals surface area (Å²) in [6, 6.07) is 3.66. The highest BCUT2D eigenvalue weighted by molar-refractivity contribution is 5.93. The van der Waals surface area contributed by atoms with Gasteiger partial charge in [0.15, 0.2) is 6.04 Å². The Labute approximate surface area is 117 Å². The number of para-hydroxylation sites is 1. The zero-order valence-electron chi connectivity index (χ0n) is 11.8. The molecule has 1 rings (SSSR count). The smallest absolute Gasteiger partial charge is 0.328 e. The van der Waals surface area contributed by atoms with Gasteiger partial charge in [0.05, 0.1) is 6.10 Å². The molecule has 2 amide bonds. The van der Waals surface area contributed by atoms with Crippen molar-refractivity contribution in [1.82, 2.24) is 5.32 Å². The number of nitrogens with one attached hydrogen (secondary N) is 2. The fourth-order valence-corrected chi connectivity index (χ4v) is 1.88. The Balaban J connectivity index is 2.84. The van der Waals surface area contributed by atoms with Gasteiger partial charge in [0, 0.05) is 5.69 Å². The summed E-state index contributed by atoms with van der Waals surface area (Å²) in [5, 5.41) is 23.1. The van der Waals surface area contributed by atoms with E-state index in [1.165, 1.54) is 6.92 Å². The molecular formula is C14H20N2O4. The SMILES string of the molecule is CCc1cccc(C)c1NC(=O)N[C@H](C(=O)O)[C@@H](C)O. The van der Waals surface area contributed by atoms with Gasteiger partial charge in [-0.1, -0.05) is 25.1 Å². The third-order valence-electron chi connectivity index (χ3n) is 3.01. The summed E-state index contributed by atoms with van der Waals surface area (Å²) < 4.78 is 0. The molecule has 0 spiro atoms. The van der Waals surface area contributed by atoms with Crippen LogP contribution >= 0.6 is 0 Å². The van der Waals surface area contributed by atoms with Crippen LogP contribution in [0, 0.1) is 6.92 Å². The van der Waals surface area contributed by atoms with Crippen molar-refractivity contribution >= 4 is 17.7 Å². The van der Waals surface area contributed by atoms with Crippen molar-refractivity contribution in [3.05, 3.63) is 29.3 Å². The molecule has 1 aromatic rings. The van der Waals surface area contributed by atoms with E-state index in [2.05, 4.69) is 10.6 Å². The van der Waals surface area contributed by atoms with Crippen LogP contribution in [-0.2, 0) is 11.2 Å². The van der Waals surface area contributed by atoms with E-state index in [4.69, 9.17) is 5.11 Å². The lowest BCUT2D eigenvalue weighted by atomic mass is 10.1. The van der Waals surface area contributed by atoms with Crippen LogP contribution < -0.4 is 10.6 Å². The van der Waals surface area contributed by atoms with Crippen LogP contribution in [0.4, 0.5) is 10.5 Å². The van der Waals surface area contributed by atoms with Gasteiger partial charge in [0.1, 0.15) is 0 Å². The molecule has 0 aromatic heterocycles. The first-order valence-electron chi connectivity index (χ1n) is 6.43. The Bertz CT molecular complexity index is 500. The molecule has 0 aliphatic carbocycles. The first-order valence-corrected chi connectivity index (χ1v) is 6.43. The normalized spacial score (nSPS) is 13.4. The molecule has 0 saturated heterocycles. The van der Waals surface area contributed by atoms with E-state index < -0.39 is 24.1 Å². The second-order valence-corrected chi connectivity index (χ2v) is 4.62. The van der Waals surface area contributed by atoms with E-state index in [0.29, 0.717) is 5.69 Å². The van der Waals surface area contributed by atoms with Crippen LogP contribution in [0.15, 0.2) is 18.2 Å². The van der Waals surface area contributed by atoms with Crippen molar-refractivity contribution < 1.29 is 19.8 Å². The van der Waals surface area contributed by atoms with Gasteiger partial charge in [-0.25, -0.2) is 9.59 Å². The summed E-state index contributed by atoms with van der Waals surface area (Å²) in [5.74, 6) is -1.28. The predicted octanol–water partition coefficient (Wildman–Crippen LogP) is 1.51. The van der Waals surface area contributed by atoms with Crippen LogP contribution in [0.25, 0.3) is 0 Å². The highest BCUT2D eigenvalue weighted by atomic mass is 16.4. The van der Waals surface area contributed by atoms with E-state index in [0.717, 1.165) is 17.5 Å². The lowest BCUT2D eigenvalue weighted by Gasteiger charge is -2.19. The molecule has 2 atom stereocenters. The first kappa shape index (κ1) is 16.0. The Morgan fingerprint density at radius 1 is 1.35 bits per heavy atom. The number of rotatable bonds is 5. The van der Waals surface area contributed by atoms with Gasteiger partial charge in [-0.15, -0.1) is 0 Å². The summed E-state index contributed by atoms with van der Waals surface area (Å²) in [7, 11) is 0. The molecular weight excluding hydrogens is 260 g/mol. The third kappa shape index (κ3) is 3.96. The molecule has 0 saturated carbocycles. The van der Waals surface area contributed by atoms with Gasteiger partial charge >= 0.3 is 12.0 Å². The molecule has 4 N–H and O–H groups in total. The molecule has 1 aromatic carbocycles. The lowest BCUT2D eigenvalue weighted by molar-refractivity contribution is -0.141. The van der Waals surface area contributed by atoms with Crippen molar-refractivity contribution in [2.24, 2.45) is 0 Å². The van der Waals surface area contributed by atoms with Crippen molar-refractivity contribution in [1.29, 1.82) is 0 Å². The predicted molar refractivity (Wildman–Crippen MR) is 75.8 cm³/mol. The number of aliphatic hydroxyl groups is 1. The molecule has 0 heterocycles. The number of carbonyl (C=O) groups excluding carboxylic acids is 1. The second-order valence-electron chi connectivity index (χ2n) is 4.62. The minimum Gasteiger partial charge on any atom is -0.480 e. The highest BCUT2D eigenvalue weighted by Crippen LogP contribution is 2.20. The van der Waals surface area contributed by atoms with Crippen LogP contribution in [0.5, 0.6) is 0 Å². The minimum atomic E-state index is -1.34. The maximum atomic E-state index is 11.9. The fourth-order valence-electron chi connectivity index (χ4n) is 1.88. The molecule has 6 nitrogen and oxygen atoms in total. The number of hydrogen-bond donors (Lipinski definition) is 4. The van der Waals surface area contributed by atoms with Gasteiger partial charge in [0.25, 0.3) is 0 Å². The van der Waals surface area contributed by atoms with Gasteiger partial charge in [0.2, 0.25) is 0 Å². The number of urea groups is 1. The Morgan fingerprint density at radius 3 is 2.50 bits per heavy atom. The van der Waals surface area contributed by atoms with Gasteiger partial charge in [-0.3, -0.25) is 0 Å². The zero-order chi connectivity index (χ0) is 15.3. The standard InChI is InChI=1S/C14H20N2O4/c1-4-10-7-5-6-8(2)11(10)15-14(20)16-12(9(3)17)13(18)19/h5-7,9,12,17H,4H2,1-3H3,(H,18,19)(H2,15,16,20)/t9-,12+/m1/s1. The number of carbonyl (C=O) groups is 2. The van der Waals surface area contributed by atoms with E-state index in [-0.39, 0.29) is 0 Å². The molecule has 0 unspecified atom stereocenters. The Morgan fingerprint density at radius 2 is 2.00 bits per heavy atom. The number of anilines is 1. The van der Waals surface area contributed by atoms with Crippen molar-refractivity contribution in [2.75, 3.05) is 5.32 Å². The van der Waals surface area contributed by atoms with Crippen LogP contribution in [-0.4, -0.2) is 34.4 Å². The van der Waals surface area contributed by atoms with Crippen LogP contribution in [0.3, 0.4) is 0 Å². The van der Waals surface area contributed by atoms with Crippen LogP contribution in [0.1, 0.15) is 25.0 Å². The Hall–Kier alpha value is -2.08. The maximum absolute atomic E-state index is 11.9. The molecule has 0 aliphatic rings. The largest absolute Gasteiger partial charge is 0.480 e. The van der Waals surface area contributed by atoms with Crippen LogP contribution in [0.2, 0.25) is 0 Å². The summed E-state index contributed by atoms with van der Waals surface area (Å²) in [6.45, 7) is 5.14. The molecule has 0 bridgehead atoms. The number of aryl methyl sites for hydroxylation is 2. The minimum absolute atomic E-state index is 0.651. The third-order valence-corrected chi connectivity index (χ3v) is 3.01. The van der Waals surface area contributed by atoms with Crippen molar-refractivity contribution in [3.8, 4) is 0 Å². The quantitative estimate of drug-likeness (QED) is 0.657. The Kier molecular flexibility index (Phi) is 5.52. The van der Waals surface area contributed by atoms with E-state index in [9.17, 15) is 14.7 Å². The maximum Gasteiger partial charge on any atom is 0.328 e. The molecule has 6 heteroatoms. The fraction of sp³-hybridized carbons (Fsp3) is 0.429. The monoisotopic (exact) mass is 280 g/mol. The number of hydrogen-bond acceptors (Lipinski definition) is 3. The molecule has 110 valence electrons. The number of carboxylic acids is 1. The van der Waals surface area contributed by atoms with Crippen molar-refractivity contribution in [3.63, 3.8) is 0 Å². The van der Waals surface area contributed by atoms with Gasteiger partial charge in [-0.2, -0.15) is 0 Å². The number of carboxylic acid groups (broad SMARTS) is 1. The average Bonchev–Trinajstić information content (AvgIpc) is 2.37. The van der Waals surface area contributed by atoms with Gasteiger partial charge < -0.3 is 20.8 Å². The zero-order valence-corrected chi connectivity index (χ0v) is 11.8. The number of benzene rings is 1. The topological polar surface area (TPSA) is 98.7 Å². The molecule has 0 fully saturated rings. The van der Waals surface area contributed by atoms with E-state index in [1.54, 1.807) is 0 Å². The summed E-state index contributed by atoms with van der Waals surface area (Å²) in [6.07, 6.45) is -0.434. The molecule has 0 radical (unpaired) electrons. The lowest BCUT2D eigenvalue weighted by Crippen LogP contribution is -2.49. The average molecular weight is 280 g/mol. The number of aliphatic hydroxyl groups excluding tert-OH is 1. The summed E-state index contributed by atoms with van der Waals surface area (Å²) in [4.78, 5) is 22.8. The number of amides is 2. The molecule has 0 aliphatic heterocycles. The van der Waals surface area contributed by atoms with Crippen molar-refractivity contribution in [2.45, 2.75) is 39.3 Å². The first-order chi connectivity index (χ1) is 9.36. The summed E-state index contributed by atoms with van der Waals surface area (Å²) >= 11 is 0. The second kappa shape index (κ2) is 6.91. The summed E-state index contributed by atoms with van der Waals surface area (Å²) in [5.41, 5.74) is 2.52. The van der Waals surface area contributed by atoms with Gasteiger partial charge in [-0.05, 0) is 31.4 Å². The molecule has 20 heavy (non-hydrogen) atoms. The van der Waals surface area contributed by atoms with E-state index >= 15 is 0 Å².